The van der Waals surface area contributed by atoms with Gasteiger partial charge in [0.2, 0.25) is 0 Å². The quantitative estimate of drug-likeness (QED) is 0.463. The Bertz CT molecular complexity index is 1180. The first-order valence-electron chi connectivity index (χ1n) is 10.4. The minimum Gasteiger partial charge on any atom is -0.497 e. The highest BCUT2D eigenvalue weighted by atomic mass is 16.5. The largest absolute Gasteiger partial charge is 0.497 e. The fraction of sp³-hybridized carbons (Fsp3) is 0.192. The summed E-state index contributed by atoms with van der Waals surface area (Å²) >= 11 is 0. The van der Waals surface area contributed by atoms with Crippen LogP contribution in [-0.4, -0.2) is 29.3 Å². The highest BCUT2D eigenvalue weighted by Gasteiger charge is 2.28. The zero-order valence-corrected chi connectivity index (χ0v) is 18.3. The van der Waals surface area contributed by atoms with Gasteiger partial charge in [0, 0.05) is 40.2 Å². The van der Waals surface area contributed by atoms with Gasteiger partial charge in [0.05, 0.1) is 19.0 Å². The number of anilines is 1. The lowest BCUT2D eigenvalue weighted by atomic mass is 9.85. The van der Waals surface area contributed by atoms with Gasteiger partial charge < -0.3 is 15.4 Å². The van der Waals surface area contributed by atoms with Gasteiger partial charge in [-0.05, 0) is 62.2 Å². The van der Waals surface area contributed by atoms with Crippen molar-refractivity contribution in [3.05, 3.63) is 95.3 Å². The van der Waals surface area contributed by atoms with Gasteiger partial charge in [-0.1, -0.05) is 18.2 Å². The zero-order chi connectivity index (χ0) is 22.7. The number of allylic oxidation sites excluding steroid dienone is 1. The molecule has 4 rings (SSSR count). The van der Waals surface area contributed by atoms with E-state index in [1.54, 1.807) is 62.0 Å². The second-order valence-electron chi connectivity index (χ2n) is 8.40. The van der Waals surface area contributed by atoms with Crippen LogP contribution in [0.1, 0.15) is 45.7 Å². The van der Waals surface area contributed by atoms with E-state index in [9.17, 15) is 9.59 Å². The molecule has 6 heteroatoms. The fourth-order valence-corrected chi connectivity index (χ4v) is 3.79. The normalized spacial score (nSPS) is 15.4. The molecule has 6 nitrogen and oxygen atoms in total. The first-order chi connectivity index (χ1) is 15.3. The van der Waals surface area contributed by atoms with Crippen LogP contribution in [0.3, 0.4) is 0 Å². The van der Waals surface area contributed by atoms with Crippen LogP contribution in [0, 0.1) is 0 Å². The number of hydrogen-bond acceptors (Lipinski definition) is 5. The number of nitrogens with zero attached hydrogens (tertiary/aromatic N) is 1. The molecule has 0 bridgehead atoms. The topological polar surface area (TPSA) is 80.3 Å². The number of nitrogens with one attached hydrogen (secondary N) is 2. The molecular weight excluding hydrogens is 402 g/mol. The van der Waals surface area contributed by atoms with Gasteiger partial charge in [0.15, 0.2) is 5.78 Å². The Morgan fingerprint density at radius 3 is 2.53 bits per heavy atom. The van der Waals surface area contributed by atoms with Crippen LogP contribution in [-0.2, 0) is 6.42 Å². The Balaban J connectivity index is 1.56. The molecule has 32 heavy (non-hydrogen) atoms. The van der Waals surface area contributed by atoms with Crippen LogP contribution in [0.2, 0.25) is 0 Å². The lowest BCUT2D eigenvalue weighted by molar-refractivity contribution is 0.102. The Morgan fingerprint density at radius 1 is 1.09 bits per heavy atom. The Morgan fingerprint density at radius 2 is 1.84 bits per heavy atom. The third-order valence-corrected chi connectivity index (χ3v) is 5.34. The molecule has 1 aromatic heterocycles. The van der Waals surface area contributed by atoms with Gasteiger partial charge in [-0.2, -0.15) is 0 Å². The molecule has 1 aliphatic heterocycles. The predicted molar refractivity (Wildman–Crippen MR) is 125 cm³/mol. The number of rotatable bonds is 5. The van der Waals surface area contributed by atoms with E-state index < -0.39 is 0 Å². The van der Waals surface area contributed by atoms with Crippen LogP contribution in [0.4, 0.5) is 5.69 Å². The molecule has 0 saturated heterocycles. The van der Waals surface area contributed by atoms with Gasteiger partial charge in [-0.3, -0.25) is 14.6 Å². The standard InChI is InChI=1S/C26H25N3O3/c1-26(2)15-19-10-11-21(32-3)13-22(19)23(29-26)14-24(30)17-6-8-18(9-7-17)25(31)28-20-5-4-12-27-16-20/h4-14,16,29H,15H2,1-3H3,(H,28,31)/b23-14-. The maximum absolute atomic E-state index is 13.0. The van der Waals surface area contributed by atoms with Crippen molar-refractivity contribution in [2.75, 3.05) is 12.4 Å². The summed E-state index contributed by atoms with van der Waals surface area (Å²) in [7, 11) is 1.63. The van der Waals surface area contributed by atoms with E-state index in [2.05, 4.69) is 29.5 Å². The van der Waals surface area contributed by atoms with Crippen molar-refractivity contribution in [2.45, 2.75) is 25.8 Å². The van der Waals surface area contributed by atoms with Crippen molar-refractivity contribution in [3.8, 4) is 5.75 Å². The van der Waals surface area contributed by atoms with Crippen LogP contribution >= 0.6 is 0 Å². The maximum Gasteiger partial charge on any atom is 0.255 e. The number of pyridine rings is 1. The molecule has 0 saturated carbocycles. The van der Waals surface area contributed by atoms with Crippen molar-refractivity contribution < 1.29 is 14.3 Å². The fourth-order valence-electron chi connectivity index (χ4n) is 3.79. The second kappa shape index (κ2) is 8.67. The van der Waals surface area contributed by atoms with Crippen LogP contribution in [0.25, 0.3) is 5.70 Å². The van der Waals surface area contributed by atoms with Gasteiger partial charge in [-0.15, -0.1) is 0 Å². The average Bonchev–Trinajstić information content (AvgIpc) is 2.79. The first kappa shape index (κ1) is 21.3. The van der Waals surface area contributed by atoms with Gasteiger partial charge in [0.1, 0.15) is 5.75 Å². The second-order valence-corrected chi connectivity index (χ2v) is 8.40. The lowest BCUT2D eigenvalue weighted by Gasteiger charge is -2.35. The number of hydrogen-bond donors (Lipinski definition) is 2. The minimum atomic E-state index is -0.257. The Labute approximate surface area is 187 Å². The highest BCUT2D eigenvalue weighted by molar-refractivity contribution is 6.10. The van der Waals surface area contributed by atoms with Crippen molar-refractivity contribution in [1.82, 2.24) is 10.3 Å². The lowest BCUT2D eigenvalue weighted by Crippen LogP contribution is -2.43. The van der Waals surface area contributed by atoms with Gasteiger partial charge >= 0.3 is 0 Å². The van der Waals surface area contributed by atoms with E-state index >= 15 is 0 Å². The predicted octanol–water partition coefficient (Wildman–Crippen LogP) is 4.49. The summed E-state index contributed by atoms with van der Waals surface area (Å²) in [5.41, 5.74) is 4.29. The molecule has 0 fully saturated rings. The molecule has 0 aliphatic carbocycles. The molecule has 2 N–H and O–H groups in total. The molecule has 0 radical (unpaired) electrons. The smallest absolute Gasteiger partial charge is 0.255 e. The monoisotopic (exact) mass is 427 g/mol. The molecular formula is C26H25N3O3. The number of benzene rings is 2. The summed E-state index contributed by atoms with van der Waals surface area (Å²) in [4.78, 5) is 29.4. The zero-order valence-electron chi connectivity index (χ0n) is 18.3. The van der Waals surface area contributed by atoms with Gasteiger partial charge in [0.25, 0.3) is 5.91 Å². The molecule has 2 aromatic carbocycles. The summed E-state index contributed by atoms with van der Waals surface area (Å²) in [6.07, 6.45) is 5.68. The van der Waals surface area contributed by atoms with Crippen molar-refractivity contribution >= 4 is 23.1 Å². The molecule has 0 unspecified atom stereocenters. The molecule has 3 aromatic rings. The van der Waals surface area contributed by atoms with Crippen molar-refractivity contribution in [2.24, 2.45) is 0 Å². The molecule has 1 amide bonds. The molecule has 0 atom stereocenters. The third-order valence-electron chi connectivity index (χ3n) is 5.34. The van der Waals surface area contributed by atoms with E-state index in [1.807, 2.05) is 18.2 Å². The Kier molecular flexibility index (Phi) is 5.77. The maximum atomic E-state index is 13.0. The summed E-state index contributed by atoms with van der Waals surface area (Å²) in [5, 5.41) is 6.26. The van der Waals surface area contributed by atoms with E-state index in [4.69, 9.17) is 4.74 Å². The number of methoxy groups -OCH3 is 1. The van der Waals surface area contributed by atoms with Crippen LogP contribution in [0.15, 0.2) is 73.1 Å². The molecule has 162 valence electrons. The van der Waals surface area contributed by atoms with E-state index in [0.717, 1.165) is 29.0 Å². The number of amides is 1. The summed E-state index contributed by atoms with van der Waals surface area (Å²) in [6.45, 7) is 4.21. The molecule has 2 heterocycles. The van der Waals surface area contributed by atoms with Crippen molar-refractivity contribution in [1.29, 1.82) is 0 Å². The minimum absolute atomic E-state index is 0.141. The summed E-state index contributed by atoms with van der Waals surface area (Å²) in [6, 6.07) is 16.1. The highest BCUT2D eigenvalue weighted by Crippen LogP contribution is 2.32. The van der Waals surface area contributed by atoms with E-state index in [0.29, 0.717) is 16.8 Å². The summed E-state index contributed by atoms with van der Waals surface area (Å²) < 4.78 is 5.37. The average molecular weight is 428 g/mol. The van der Waals surface area contributed by atoms with E-state index in [-0.39, 0.29) is 17.2 Å². The third kappa shape index (κ3) is 4.70. The first-order valence-corrected chi connectivity index (χ1v) is 10.4. The Hall–Kier alpha value is -3.93. The van der Waals surface area contributed by atoms with Gasteiger partial charge in [-0.25, -0.2) is 0 Å². The number of ether oxygens (including phenoxy) is 1. The van der Waals surface area contributed by atoms with Crippen molar-refractivity contribution in [3.63, 3.8) is 0 Å². The van der Waals surface area contributed by atoms with Crippen LogP contribution < -0.4 is 15.4 Å². The summed E-state index contributed by atoms with van der Waals surface area (Å²) in [5.74, 6) is 0.345. The molecule has 0 spiro atoms. The SMILES string of the molecule is COc1ccc2c(c1)/C(=C/C(=O)c1ccc(C(=O)Nc3cccnc3)cc1)NC(C)(C)C2. The molecule has 1 aliphatic rings. The number of carbonyl (C=O) groups is 2. The number of ketones is 1. The number of aromatic nitrogens is 1. The van der Waals surface area contributed by atoms with E-state index in [1.165, 1.54) is 0 Å². The number of fused-ring (bicyclic) bond motifs is 1. The number of carbonyl (C=O) groups excluding carboxylic acids is 2. The van der Waals surface area contributed by atoms with Crippen LogP contribution in [0.5, 0.6) is 5.75 Å².